The van der Waals surface area contributed by atoms with E-state index in [2.05, 4.69) is 0 Å². The van der Waals surface area contributed by atoms with Gasteiger partial charge in [0.2, 0.25) is 0 Å². The molecule has 0 spiro atoms. The number of aromatic hydroxyl groups is 1. The molecule has 0 saturated carbocycles. The van der Waals surface area contributed by atoms with Crippen molar-refractivity contribution in [1.82, 2.24) is 0 Å². The van der Waals surface area contributed by atoms with Crippen molar-refractivity contribution in [2.75, 3.05) is 0 Å². The summed E-state index contributed by atoms with van der Waals surface area (Å²) < 4.78 is 24.9. The largest absolute Gasteiger partial charge is 0.504 e. The minimum Gasteiger partial charge on any atom is -0.504 e. The van der Waals surface area contributed by atoms with Crippen molar-refractivity contribution in [3.05, 3.63) is 83.2 Å². The Morgan fingerprint density at radius 2 is 1.48 bits per heavy atom. The molecule has 0 aromatic heterocycles. The van der Waals surface area contributed by atoms with Gasteiger partial charge in [-0.1, -0.05) is 42.5 Å². The van der Waals surface area contributed by atoms with Crippen LogP contribution in [0.25, 0.3) is 11.1 Å². The third kappa shape index (κ3) is 6.32. The highest BCUT2D eigenvalue weighted by Gasteiger charge is 2.25. The van der Waals surface area contributed by atoms with E-state index in [1.54, 1.807) is 45.0 Å². The maximum Gasteiger partial charge on any atom is 0.342 e. The average Bonchev–Trinajstić information content (AvgIpc) is 2.74. The molecular formula is C26H25FO6. The quantitative estimate of drug-likeness (QED) is 0.469. The van der Waals surface area contributed by atoms with Crippen LogP contribution in [-0.4, -0.2) is 27.8 Å². The molecule has 7 heteroatoms. The van der Waals surface area contributed by atoms with E-state index in [1.807, 2.05) is 24.3 Å². The van der Waals surface area contributed by atoms with E-state index in [4.69, 9.17) is 14.6 Å². The van der Waals surface area contributed by atoms with Crippen LogP contribution in [0.3, 0.4) is 0 Å². The summed E-state index contributed by atoms with van der Waals surface area (Å²) in [5, 5.41) is 19.0. The van der Waals surface area contributed by atoms with Gasteiger partial charge in [0.25, 0.3) is 0 Å². The predicted octanol–water partition coefficient (Wildman–Crippen LogP) is 5.36. The molecule has 0 fully saturated rings. The maximum absolute atomic E-state index is 13.9. The van der Waals surface area contributed by atoms with Gasteiger partial charge in [0, 0.05) is 5.56 Å². The summed E-state index contributed by atoms with van der Waals surface area (Å²) in [5.74, 6) is -2.89. The molecule has 0 saturated heterocycles. The molecule has 3 aromatic rings. The number of carboxylic acids is 1. The van der Waals surface area contributed by atoms with Crippen LogP contribution in [0, 0.1) is 5.82 Å². The molecular weight excluding hydrogens is 427 g/mol. The van der Waals surface area contributed by atoms with Crippen molar-refractivity contribution in [1.29, 1.82) is 0 Å². The first-order valence-corrected chi connectivity index (χ1v) is 10.3. The number of phenols is 1. The average molecular weight is 452 g/mol. The standard InChI is InChI=1S/C26H25FO6/c1-26(2,3)33-25(31)23-19(10-13-21(27)24(23)30)15-32-20-11-8-18(9-12-20)17-6-4-16(5-7-17)14-22(28)29/h4-13,30H,14-15H2,1-3H3,(H,28,29). The monoisotopic (exact) mass is 452 g/mol. The Balaban J connectivity index is 1.73. The van der Waals surface area contributed by atoms with Crippen LogP contribution >= 0.6 is 0 Å². The number of carbonyl (C=O) groups is 2. The highest BCUT2D eigenvalue weighted by molar-refractivity contribution is 5.94. The van der Waals surface area contributed by atoms with Gasteiger partial charge in [0.05, 0.1) is 6.42 Å². The number of hydrogen-bond donors (Lipinski definition) is 2. The Morgan fingerprint density at radius 1 is 0.909 bits per heavy atom. The lowest BCUT2D eigenvalue weighted by Gasteiger charge is -2.21. The molecule has 0 unspecified atom stereocenters. The molecule has 0 aliphatic rings. The molecule has 3 aromatic carbocycles. The Bertz CT molecular complexity index is 1150. The second kappa shape index (κ2) is 9.73. The van der Waals surface area contributed by atoms with Gasteiger partial charge in [-0.2, -0.15) is 0 Å². The molecule has 0 aliphatic carbocycles. The van der Waals surface area contributed by atoms with Gasteiger partial charge in [0.1, 0.15) is 23.5 Å². The molecule has 0 amide bonds. The summed E-state index contributed by atoms with van der Waals surface area (Å²) in [6.45, 7) is 4.96. The van der Waals surface area contributed by atoms with E-state index < -0.39 is 29.1 Å². The zero-order valence-corrected chi connectivity index (χ0v) is 18.6. The summed E-state index contributed by atoms with van der Waals surface area (Å²) in [7, 11) is 0. The topological polar surface area (TPSA) is 93.1 Å². The number of esters is 1. The summed E-state index contributed by atoms with van der Waals surface area (Å²) in [6.07, 6.45) is -0.0305. The van der Waals surface area contributed by atoms with Gasteiger partial charge < -0.3 is 19.7 Å². The van der Waals surface area contributed by atoms with Crippen LogP contribution in [0.5, 0.6) is 11.5 Å². The third-order valence-electron chi connectivity index (χ3n) is 4.71. The van der Waals surface area contributed by atoms with E-state index in [1.165, 1.54) is 6.07 Å². The van der Waals surface area contributed by atoms with Gasteiger partial charge in [-0.3, -0.25) is 4.79 Å². The molecule has 172 valence electrons. The van der Waals surface area contributed by atoms with Crippen molar-refractivity contribution >= 4 is 11.9 Å². The van der Waals surface area contributed by atoms with Crippen LogP contribution in [0.4, 0.5) is 4.39 Å². The molecule has 6 nitrogen and oxygen atoms in total. The predicted molar refractivity (Wildman–Crippen MR) is 121 cm³/mol. The van der Waals surface area contributed by atoms with Crippen molar-refractivity contribution in [2.45, 2.75) is 39.4 Å². The lowest BCUT2D eigenvalue weighted by Crippen LogP contribution is -2.25. The fourth-order valence-electron chi connectivity index (χ4n) is 3.18. The van der Waals surface area contributed by atoms with Crippen molar-refractivity contribution in [3.8, 4) is 22.6 Å². The number of aliphatic carboxylic acids is 1. The maximum atomic E-state index is 13.9. The second-order valence-electron chi connectivity index (χ2n) is 8.51. The van der Waals surface area contributed by atoms with E-state index in [0.29, 0.717) is 11.3 Å². The molecule has 0 aliphatic heterocycles. The Labute approximate surface area is 191 Å². The van der Waals surface area contributed by atoms with Gasteiger partial charge in [-0.05, 0) is 55.7 Å². The van der Waals surface area contributed by atoms with E-state index >= 15 is 0 Å². The fraction of sp³-hybridized carbons (Fsp3) is 0.231. The smallest absolute Gasteiger partial charge is 0.342 e. The van der Waals surface area contributed by atoms with E-state index in [0.717, 1.165) is 22.8 Å². The first-order valence-electron chi connectivity index (χ1n) is 10.3. The number of carbonyl (C=O) groups excluding carboxylic acids is 1. The molecule has 0 heterocycles. The number of hydrogen-bond acceptors (Lipinski definition) is 5. The van der Waals surface area contributed by atoms with E-state index in [9.17, 15) is 19.1 Å². The molecule has 0 bridgehead atoms. The van der Waals surface area contributed by atoms with Crippen molar-refractivity contribution < 1.29 is 33.7 Å². The Hall–Kier alpha value is -3.87. The Morgan fingerprint density at radius 3 is 2.03 bits per heavy atom. The molecule has 3 rings (SSSR count). The summed E-state index contributed by atoms with van der Waals surface area (Å²) in [6, 6.07) is 16.9. The minimum atomic E-state index is -0.918. The number of ether oxygens (including phenoxy) is 2. The zero-order chi connectivity index (χ0) is 24.2. The first-order chi connectivity index (χ1) is 15.5. The van der Waals surface area contributed by atoms with Gasteiger partial charge in [-0.15, -0.1) is 0 Å². The van der Waals surface area contributed by atoms with Gasteiger partial charge in [0.15, 0.2) is 11.6 Å². The molecule has 2 N–H and O–H groups in total. The van der Waals surface area contributed by atoms with E-state index in [-0.39, 0.29) is 18.6 Å². The lowest BCUT2D eigenvalue weighted by atomic mass is 10.0. The number of carboxylic acid groups (broad SMARTS) is 1. The number of halogens is 1. The number of phenolic OH excluding ortho intramolecular Hbond substituents is 1. The second-order valence-corrected chi connectivity index (χ2v) is 8.51. The summed E-state index contributed by atoms with van der Waals surface area (Å²) in [4.78, 5) is 23.3. The fourth-order valence-corrected chi connectivity index (χ4v) is 3.18. The van der Waals surface area contributed by atoms with Crippen molar-refractivity contribution in [2.24, 2.45) is 0 Å². The minimum absolute atomic E-state index is 0.0305. The molecule has 33 heavy (non-hydrogen) atoms. The first kappa shape index (κ1) is 23.8. The summed E-state index contributed by atoms with van der Waals surface area (Å²) >= 11 is 0. The lowest BCUT2D eigenvalue weighted by molar-refractivity contribution is -0.136. The van der Waals surface area contributed by atoms with Gasteiger partial charge in [-0.25, -0.2) is 9.18 Å². The van der Waals surface area contributed by atoms with Crippen molar-refractivity contribution in [3.63, 3.8) is 0 Å². The summed E-state index contributed by atoms with van der Waals surface area (Å²) in [5.41, 5.74) is 1.78. The number of benzene rings is 3. The SMILES string of the molecule is CC(C)(C)OC(=O)c1c(COc2ccc(-c3ccc(CC(=O)O)cc3)cc2)ccc(F)c1O. The van der Waals surface area contributed by atoms with Crippen LogP contribution in [0.2, 0.25) is 0 Å². The Kier molecular flexibility index (Phi) is 7.01. The molecule has 0 radical (unpaired) electrons. The normalized spacial score (nSPS) is 11.2. The van der Waals surface area contributed by atoms with Crippen LogP contribution in [0.1, 0.15) is 42.3 Å². The molecule has 0 atom stereocenters. The highest BCUT2D eigenvalue weighted by Crippen LogP contribution is 2.29. The van der Waals surface area contributed by atoms with Gasteiger partial charge >= 0.3 is 11.9 Å². The zero-order valence-electron chi connectivity index (χ0n) is 18.6. The van der Waals surface area contributed by atoms with Crippen LogP contribution < -0.4 is 4.74 Å². The highest BCUT2D eigenvalue weighted by atomic mass is 19.1. The van der Waals surface area contributed by atoms with Crippen LogP contribution in [-0.2, 0) is 22.6 Å². The third-order valence-corrected chi connectivity index (χ3v) is 4.71. The van der Waals surface area contributed by atoms with Crippen LogP contribution in [0.15, 0.2) is 60.7 Å². The number of rotatable bonds is 7.